The van der Waals surface area contributed by atoms with Crippen LogP contribution in [0.5, 0.6) is 0 Å². The van der Waals surface area contributed by atoms with E-state index >= 15 is 0 Å². The van der Waals surface area contributed by atoms with Crippen LogP contribution in [0.15, 0.2) is 115 Å². The van der Waals surface area contributed by atoms with Gasteiger partial charge in [0.15, 0.2) is 5.66 Å². The first-order valence-corrected chi connectivity index (χ1v) is 12.5. The molecule has 0 bridgehead atoms. The number of amides is 1. The Morgan fingerprint density at radius 1 is 0.688 bits per heavy atom. The zero-order chi connectivity index (χ0) is 21.1. The molecule has 1 aromatic heterocycles. The summed E-state index contributed by atoms with van der Waals surface area (Å²) in [5.41, 5.74) is -0.123. The molecule has 5 rings (SSSR count). The van der Waals surface area contributed by atoms with E-state index in [0.717, 1.165) is 12.2 Å². The number of anilines is 1. The minimum absolute atomic E-state index is 0. The first kappa shape index (κ1) is 22.4. The zero-order valence-corrected chi connectivity index (χ0v) is 20.1. The summed E-state index contributed by atoms with van der Waals surface area (Å²) in [5, 5.41) is 3.73. The Hall–Kier alpha value is -2.81. The Morgan fingerprint density at radius 3 is 1.59 bits per heavy atom. The molecular formula is C27H24BrN2OP. The number of carbonyl (C=O) groups is 1. The minimum atomic E-state index is -2.23. The number of hydrogen-bond donors (Lipinski definition) is 0. The molecule has 1 saturated heterocycles. The highest BCUT2D eigenvalue weighted by Gasteiger charge is 2.58. The lowest BCUT2D eigenvalue weighted by atomic mass is 10.3. The van der Waals surface area contributed by atoms with Crippen molar-refractivity contribution in [2.45, 2.75) is 12.1 Å². The molecule has 160 valence electrons. The van der Waals surface area contributed by atoms with Gasteiger partial charge in [0.2, 0.25) is 0 Å². The molecule has 32 heavy (non-hydrogen) atoms. The van der Waals surface area contributed by atoms with Crippen molar-refractivity contribution in [3.63, 3.8) is 0 Å². The summed E-state index contributed by atoms with van der Waals surface area (Å²) in [6.07, 6.45) is 2.56. The van der Waals surface area contributed by atoms with Crippen molar-refractivity contribution in [3.05, 3.63) is 115 Å². The van der Waals surface area contributed by atoms with Gasteiger partial charge in [-0.1, -0.05) is 60.7 Å². The molecule has 0 unspecified atom stereocenters. The average Bonchev–Trinajstić information content (AvgIpc) is 3.24. The molecule has 3 aromatic carbocycles. The molecular weight excluding hydrogens is 479 g/mol. The van der Waals surface area contributed by atoms with E-state index in [1.54, 1.807) is 6.20 Å². The number of hydrogen-bond acceptors (Lipinski definition) is 2. The fraction of sp³-hybridized carbons (Fsp3) is 0.111. The van der Waals surface area contributed by atoms with Crippen molar-refractivity contribution in [1.29, 1.82) is 0 Å². The van der Waals surface area contributed by atoms with Crippen LogP contribution < -0.4 is 37.8 Å². The molecule has 0 spiro atoms. The highest BCUT2D eigenvalue weighted by molar-refractivity contribution is 7.97. The number of benzene rings is 3. The summed E-state index contributed by atoms with van der Waals surface area (Å²) >= 11 is 0. The highest BCUT2D eigenvalue weighted by Crippen LogP contribution is 2.62. The van der Waals surface area contributed by atoms with E-state index in [1.807, 2.05) is 41.3 Å². The fourth-order valence-corrected chi connectivity index (χ4v) is 9.62. The van der Waals surface area contributed by atoms with Gasteiger partial charge < -0.3 is 17.0 Å². The van der Waals surface area contributed by atoms with Crippen LogP contribution in [-0.4, -0.2) is 23.1 Å². The van der Waals surface area contributed by atoms with Gasteiger partial charge in [0.25, 0.3) is 5.91 Å². The lowest BCUT2D eigenvalue weighted by molar-refractivity contribution is -0.116. The van der Waals surface area contributed by atoms with Gasteiger partial charge in [-0.05, 0) is 48.5 Å². The van der Waals surface area contributed by atoms with Gasteiger partial charge in [0.05, 0.1) is 0 Å². The van der Waals surface area contributed by atoms with Crippen LogP contribution in [0.3, 0.4) is 0 Å². The van der Waals surface area contributed by atoms with Gasteiger partial charge >= 0.3 is 0 Å². The van der Waals surface area contributed by atoms with Gasteiger partial charge in [-0.15, -0.1) is 0 Å². The van der Waals surface area contributed by atoms with E-state index in [2.05, 4.69) is 77.8 Å². The van der Waals surface area contributed by atoms with E-state index in [-0.39, 0.29) is 28.5 Å². The molecule has 0 N–H and O–H groups in total. The van der Waals surface area contributed by atoms with Crippen LogP contribution in [0.1, 0.15) is 6.42 Å². The van der Waals surface area contributed by atoms with E-state index < -0.39 is 7.26 Å². The Bertz CT molecular complexity index is 1060. The van der Waals surface area contributed by atoms with Crippen LogP contribution in [-0.2, 0) is 4.79 Å². The maximum absolute atomic E-state index is 14.0. The van der Waals surface area contributed by atoms with Gasteiger partial charge in [-0.3, -0.25) is 9.69 Å². The largest absolute Gasteiger partial charge is 1.00 e. The molecule has 1 aliphatic heterocycles. The minimum Gasteiger partial charge on any atom is -1.00 e. The van der Waals surface area contributed by atoms with Crippen molar-refractivity contribution < 1.29 is 21.8 Å². The van der Waals surface area contributed by atoms with Crippen molar-refractivity contribution in [2.24, 2.45) is 0 Å². The van der Waals surface area contributed by atoms with Crippen molar-refractivity contribution in [1.82, 2.24) is 4.98 Å². The molecule has 1 amide bonds. The fourth-order valence-electron chi connectivity index (χ4n) is 4.74. The third-order valence-electron chi connectivity index (χ3n) is 6.06. The van der Waals surface area contributed by atoms with Gasteiger partial charge in [0, 0.05) is 19.2 Å². The summed E-state index contributed by atoms with van der Waals surface area (Å²) < 4.78 is 0. The van der Waals surface area contributed by atoms with Crippen molar-refractivity contribution in [3.8, 4) is 0 Å². The quantitative estimate of drug-likeness (QED) is 0.384. The predicted molar refractivity (Wildman–Crippen MR) is 130 cm³/mol. The topological polar surface area (TPSA) is 33.2 Å². The third-order valence-corrected chi connectivity index (χ3v) is 10.8. The zero-order valence-electron chi connectivity index (χ0n) is 17.6. The molecule has 2 heterocycles. The van der Waals surface area contributed by atoms with Gasteiger partial charge in [-0.25, -0.2) is 4.98 Å². The second-order valence-electron chi connectivity index (χ2n) is 7.71. The molecule has 0 radical (unpaired) electrons. The SMILES string of the molecule is O=C1[C@H]([P+](c2ccccc2)(c2ccccc2)c2ccccc2)CCN1c1ccccn1.[Br-]. The molecule has 0 aliphatic carbocycles. The summed E-state index contributed by atoms with van der Waals surface area (Å²) in [4.78, 5) is 20.3. The number of aromatic nitrogens is 1. The first-order valence-electron chi connectivity index (χ1n) is 10.6. The molecule has 1 aliphatic rings. The number of carbonyl (C=O) groups excluding carboxylic acids is 1. The number of halogens is 1. The van der Waals surface area contributed by atoms with E-state index in [9.17, 15) is 4.79 Å². The van der Waals surface area contributed by atoms with Gasteiger partial charge in [0.1, 0.15) is 29.0 Å². The maximum Gasteiger partial charge on any atom is 0.270 e. The first-order chi connectivity index (χ1) is 15.3. The lowest BCUT2D eigenvalue weighted by Crippen LogP contribution is -3.00. The second kappa shape index (κ2) is 9.77. The Kier molecular flexibility index (Phi) is 6.83. The smallest absolute Gasteiger partial charge is 0.270 e. The molecule has 1 atom stereocenters. The van der Waals surface area contributed by atoms with Crippen LogP contribution in [0.4, 0.5) is 5.82 Å². The normalized spacial score (nSPS) is 15.9. The monoisotopic (exact) mass is 502 g/mol. The maximum atomic E-state index is 14.0. The van der Waals surface area contributed by atoms with Gasteiger partial charge in [-0.2, -0.15) is 0 Å². The molecule has 0 saturated carbocycles. The lowest BCUT2D eigenvalue weighted by Gasteiger charge is -2.31. The summed E-state index contributed by atoms with van der Waals surface area (Å²) in [6, 6.07) is 37.6. The molecule has 5 heteroatoms. The summed E-state index contributed by atoms with van der Waals surface area (Å²) in [6.45, 7) is 0.689. The number of pyridine rings is 1. The number of rotatable bonds is 5. The van der Waals surface area contributed by atoms with E-state index in [1.165, 1.54) is 15.9 Å². The van der Waals surface area contributed by atoms with Crippen LogP contribution in [0.2, 0.25) is 0 Å². The third kappa shape index (κ3) is 3.79. The van der Waals surface area contributed by atoms with Crippen LogP contribution in [0, 0.1) is 0 Å². The predicted octanol–water partition coefficient (Wildman–Crippen LogP) is 1.18. The van der Waals surface area contributed by atoms with E-state index in [0.29, 0.717) is 6.54 Å². The second-order valence-corrected chi connectivity index (χ2v) is 11.3. The average molecular weight is 503 g/mol. The van der Waals surface area contributed by atoms with Crippen LogP contribution >= 0.6 is 7.26 Å². The molecule has 4 aromatic rings. The Balaban J connectivity index is 0.00000245. The summed E-state index contributed by atoms with van der Waals surface area (Å²) in [7, 11) is -2.23. The molecule has 1 fully saturated rings. The Morgan fingerprint density at radius 2 is 1.16 bits per heavy atom. The molecule has 3 nitrogen and oxygen atoms in total. The summed E-state index contributed by atoms with van der Waals surface area (Å²) in [5.74, 6) is 0.908. The highest BCUT2D eigenvalue weighted by atomic mass is 79.9. The van der Waals surface area contributed by atoms with Crippen molar-refractivity contribution >= 4 is 34.9 Å². The number of nitrogens with zero attached hydrogens (tertiary/aromatic N) is 2. The van der Waals surface area contributed by atoms with Crippen molar-refractivity contribution in [2.75, 3.05) is 11.4 Å². The van der Waals surface area contributed by atoms with Crippen LogP contribution in [0.25, 0.3) is 0 Å². The Labute approximate surface area is 200 Å². The van der Waals surface area contributed by atoms with E-state index in [4.69, 9.17) is 0 Å². The standard InChI is InChI=1S/C27H24N2OP.BrH/c30-27-25(19-21-29(27)26-18-10-11-20-28-26)31(22-12-4-1-5-13-22,23-14-6-2-7-15-23)24-16-8-3-9-17-24;/h1-18,20,25H,19,21H2;1H/q+1;/p-1/t25-;/m1./s1.